The van der Waals surface area contributed by atoms with E-state index in [4.69, 9.17) is 5.11 Å². The van der Waals surface area contributed by atoms with Crippen molar-refractivity contribution in [2.45, 2.75) is 13.0 Å². The maximum absolute atomic E-state index is 13.7. The predicted molar refractivity (Wildman–Crippen MR) is 79.9 cm³/mol. The number of aliphatic hydroxyl groups excluding tert-OH is 1. The lowest BCUT2D eigenvalue weighted by Gasteiger charge is -2.35. The van der Waals surface area contributed by atoms with Crippen LogP contribution in [0, 0.1) is 5.82 Å². The summed E-state index contributed by atoms with van der Waals surface area (Å²) in [4.78, 5) is 26.9. The summed E-state index contributed by atoms with van der Waals surface area (Å²) >= 11 is 0. The molecular formula is C15H20FN3O3. The molecule has 1 unspecified atom stereocenters. The maximum atomic E-state index is 13.7. The van der Waals surface area contributed by atoms with Crippen LogP contribution in [0.1, 0.15) is 6.92 Å². The minimum atomic E-state index is -0.722. The second kappa shape index (κ2) is 7.22. The van der Waals surface area contributed by atoms with Crippen LogP contribution in [-0.2, 0) is 9.59 Å². The zero-order valence-electron chi connectivity index (χ0n) is 12.5. The van der Waals surface area contributed by atoms with Crippen molar-refractivity contribution in [3.05, 3.63) is 30.1 Å². The smallest absolute Gasteiger partial charge is 0.312 e. The normalized spacial score (nSPS) is 16.3. The van der Waals surface area contributed by atoms with E-state index in [0.717, 1.165) is 0 Å². The average molecular weight is 309 g/mol. The molecule has 22 heavy (non-hydrogen) atoms. The van der Waals surface area contributed by atoms with Crippen LogP contribution in [0.2, 0.25) is 0 Å². The van der Waals surface area contributed by atoms with Crippen molar-refractivity contribution in [3.63, 3.8) is 0 Å². The highest BCUT2D eigenvalue weighted by Gasteiger charge is 2.26. The minimum absolute atomic E-state index is 0.0414. The number of piperazine rings is 1. The van der Waals surface area contributed by atoms with Gasteiger partial charge in [0, 0.05) is 32.7 Å². The highest BCUT2D eigenvalue weighted by atomic mass is 19.1. The summed E-state index contributed by atoms with van der Waals surface area (Å²) in [6.07, 6.45) is -0.699. The molecule has 1 fully saturated rings. The van der Waals surface area contributed by atoms with Gasteiger partial charge in [-0.1, -0.05) is 12.1 Å². The van der Waals surface area contributed by atoms with Gasteiger partial charge in [0.1, 0.15) is 5.82 Å². The monoisotopic (exact) mass is 309 g/mol. The van der Waals surface area contributed by atoms with Crippen LogP contribution in [-0.4, -0.2) is 60.6 Å². The number of rotatable bonds is 3. The third-order valence-corrected chi connectivity index (χ3v) is 3.51. The molecule has 0 spiro atoms. The Labute approximate surface area is 128 Å². The summed E-state index contributed by atoms with van der Waals surface area (Å²) in [7, 11) is 0. The van der Waals surface area contributed by atoms with Crippen molar-refractivity contribution in [1.29, 1.82) is 0 Å². The number of halogens is 1. The molecular weight excluding hydrogens is 289 g/mol. The topological polar surface area (TPSA) is 72.9 Å². The molecule has 1 atom stereocenters. The molecule has 1 aromatic carbocycles. The Hall–Kier alpha value is -2.15. The van der Waals surface area contributed by atoms with Crippen LogP contribution in [0.5, 0.6) is 0 Å². The van der Waals surface area contributed by atoms with Crippen LogP contribution in [0.3, 0.4) is 0 Å². The van der Waals surface area contributed by atoms with Crippen molar-refractivity contribution < 1.29 is 19.1 Å². The highest BCUT2D eigenvalue weighted by molar-refractivity contribution is 6.35. The van der Waals surface area contributed by atoms with Crippen LogP contribution in [0.15, 0.2) is 24.3 Å². The predicted octanol–water partition coefficient (Wildman–Crippen LogP) is -0.0287. The molecule has 2 amide bonds. The van der Waals surface area contributed by atoms with Gasteiger partial charge in [0.2, 0.25) is 0 Å². The molecule has 0 aliphatic carbocycles. The van der Waals surface area contributed by atoms with E-state index in [9.17, 15) is 14.0 Å². The number of para-hydroxylation sites is 1. The first kappa shape index (κ1) is 16.2. The summed E-state index contributed by atoms with van der Waals surface area (Å²) in [5.74, 6) is -1.63. The Morgan fingerprint density at radius 3 is 2.50 bits per heavy atom. The number of amides is 2. The lowest BCUT2D eigenvalue weighted by atomic mass is 10.2. The van der Waals surface area contributed by atoms with E-state index >= 15 is 0 Å². The van der Waals surface area contributed by atoms with Gasteiger partial charge in [0.15, 0.2) is 0 Å². The number of anilines is 1. The number of benzene rings is 1. The minimum Gasteiger partial charge on any atom is -0.392 e. The van der Waals surface area contributed by atoms with Crippen LogP contribution in [0.4, 0.5) is 10.1 Å². The van der Waals surface area contributed by atoms with Crippen LogP contribution < -0.4 is 10.2 Å². The lowest BCUT2D eigenvalue weighted by molar-refractivity contribution is -0.146. The van der Waals surface area contributed by atoms with E-state index in [0.29, 0.717) is 31.9 Å². The first-order chi connectivity index (χ1) is 10.5. The highest BCUT2D eigenvalue weighted by Crippen LogP contribution is 2.20. The van der Waals surface area contributed by atoms with Crippen molar-refractivity contribution in [2.75, 3.05) is 37.6 Å². The maximum Gasteiger partial charge on any atom is 0.312 e. The number of hydrogen-bond donors (Lipinski definition) is 2. The molecule has 1 saturated heterocycles. The summed E-state index contributed by atoms with van der Waals surface area (Å²) in [5.41, 5.74) is 0.508. The van der Waals surface area contributed by atoms with Gasteiger partial charge < -0.3 is 20.2 Å². The molecule has 0 radical (unpaired) electrons. The Balaban J connectivity index is 1.88. The zero-order chi connectivity index (χ0) is 16.1. The molecule has 1 aliphatic heterocycles. The molecule has 1 aromatic rings. The second-order valence-corrected chi connectivity index (χ2v) is 5.29. The molecule has 2 N–H and O–H groups in total. The molecule has 7 heteroatoms. The molecule has 0 aromatic heterocycles. The molecule has 6 nitrogen and oxygen atoms in total. The molecule has 120 valence electrons. The second-order valence-electron chi connectivity index (χ2n) is 5.29. The van der Waals surface area contributed by atoms with Gasteiger partial charge in [-0.25, -0.2) is 4.39 Å². The Morgan fingerprint density at radius 1 is 1.27 bits per heavy atom. The molecule has 0 saturated carbocycles. The Bertz CT molecular complexity index is 543. The Morgan fingerprint density at radius 2 is 1.91 bits per heavy atom. The third-order valence-electron chi connectivity index (χ3n) is 3.51. The van der Waals surface area contributed by atoms with Crippen molar-refractivity contribution >= 4 is 17.5 Å². The van der Waals surface area contributed by atoms with Gasteiger partial charge in [-0.3, -0.25) is 9.59 Å². The van der Waals surface area contributed by atoms with E-state index in [2.05, 4.69) is 5.32 Å². The average Bonchev–Trinajstić information content (AvgIpc) is 2.52. The summed E-state index contributed by atoms with van der Waals surface area (Å²) in [5, 5.41) is 11.5. The first-order valence-corrected chi connectivity index (χ1v) is 7.23. The fraction of sp³-hybridized carbons (Fsp3) is 0.467. The number of nitrogens with one attached hydrogen (secondary N) is 1. The summed E-state index contributed by atoms with van der Waals surface area (Å²) in [6.45, 7) is 3.22. The van der Waals surface area contributed by atoms with E-state index in [1.54, 1.807) is 18.2 Å². The largest absolute Gasteiger partial charge is 0.392 e. The quantitative estimate of drug-likeness (QED) is 0.769. The van der Waals surface area contributed by atoms with E-state index in [-0.39, 0.29) is 12.4 Å². The van der Waals surface area contributed by atoms with Gasteiger partial charge in [-0.05, 0) is 19.1 Å². The van der Waals surface area contributed by atoms with E-state index < -0.39 is 17.9 Å². The number of hydrogen-bond acceptors (Lipinski definition) is 4. The number of nitrogens with zero attached hydrogens (tertiary/aromatic N) is 2. The summed E-state index contributed by atoms with van der Waals surface area (Å²) in [6, 6.07) is 6.49. The Kier molecular flexibility index (Phi) is 5.32. The zero-order valence-corrected chi connectivity index (χ0v) is 12.5. The number of carbonyl (C=O) groups is 2. The summed E-state index contributed by atoms with van der Waals surface area (Å²) < 4.78 is 13.7. The molecule has 1 heterocycles. The van der Waals surface area contributed by atoms with Gasteiger partial charge in [-0.2, -0.15) is 0 Å². The molecule has 0 bridgehead atoms. The SMILES string of the molecule is CC(O)CNC(=O)C(=O)N1CCN(c2ccccc2F)CC1. The lowest BCUT2D eigenvalue weighted by Crippen LogP contribution is -2.53. The van der Waals surface area contributed by atoms with Crippen LogP contribution in [0.25, 0.3) is 0 Å². The van der Waals surface area contributed by atoms with Crippen molar-refractivity contribution in [2.24, 2.45) is 0 Å². The number of aliphatic hydroxyl groups is 1. The van der Waals surface area contributed by atoms with E-state index in [1.165, 1.54) is 17.9 Å². The fourth-order valence-corrected chi connectivity index (χ4v) is 2.32. The third kappa shape index (κ3) is 3.94. The van der Waals surface area contributed by atoms with Crippen molar-refractivity contribution in [3.8, 4) is 0 Å². The van der Waals surface area contributed by atoms with Gasteiger partial charge in [-0.15, -0.1) is 0 Å². The molecule has 2 rings (SSSR count). The molecule has 1 aliphatic rings. The standard InChI is InChI=1S/C15H20FN3O3/c1-11(20)10-17-14(21)15(22)19-8-6-18(7-9-19)13-5-3-2-4-12(13)16/h2-5,11,20H,6-10H2,1H3,(H,17,21). The van der Waals surface area contributed by atoms with Crippen LogP contribution >= 0.6 is 0 Å². The van der Waals surface area contributed by atoms with Gasteiger partial charge in [0.05, 0.1) is 11.8 Å². The van der Waals surface area contributed by atoms with E-state index in [1.807, 2.05) is 4.90 Å². The first-order valence-electron chi connectivity index (χ1n) is 7.23. The number of carbonyl (C=O) groups excluding carboxylic acids is 2. The van der Waals surface area contributed by atoms with Gasteiger partial charge >= 0.3 is 11.8 Å². The van der Waals surface area contributed by atoms with Crippen molar-refractivity contribution in [1.82, 2.24) is 10.2 Å². The fourth-order valence-electron chi connectivity index (χ4n) is 2.32. The van der Waals surface area contributed by atoms with Gasteiger partial charge in [0.25, 0.3) is 0 Å².